The number of rotatable bonds is 12. The maximum atomic E-state index is 15.1. The van der Waals surface area contributed by atoms with Crippen molar-refractivity contribution in [3.8, 4) is 23.0 Å². The molecule has 3 aromatic carbocycles. The minimum atomic E-state index is -0.699. The summed E-state index contributed by atoms with van der Waals surface area (Å²) in [5.41, 5.74) is 8.53. The van der Waals surface area contributed by atoms with Gasteiger partial charge in [0.05, 0.1) is 19.2 Å². The fourth-order valence-electron chi connectivity index (χ4n) is 5.06. The number of hydrogen-bond donors (Lipinski definition) is 3. The molecule has 0 saturated heterocycles. The van der Waals surface area contributed by atoms with E-state index in [2.05, 4.69) is 15.6 Å². The van der Waals surface area contributed by atoms with Crippen LogP contribution in [0, 0.1) is 12.7 Å². The summed E-state index contributed by atoms with van der Waals surface area (Å²) in [4.78, 5) is 29.0. The molecule has 10 nitrogen and oxygen atoms in total. The molecular formula is C34H37FN4O6. The first-order valence-electron chi connectivity index (χ1n) is 15.0. The highest BCUT2D eigenvalue weighted by Gasteiger charge is 2.23. The van der Waals surface area contributed by atoms with Crippen LogP contribution in [0.5, 0.6) is 23.0 Å². The highest BCUT2D eigenvalue weighted by Crippen LogP contribution is 2.38. The zero-order valence-electron chi connectivity index (χ0n) is 25.3. The van der Waals surface area contributed by atoms with Crippen molar-refractivity contribution in [2.75, 3.05) is 24.4 Å². The van der Waals surface area contributed by atoms with E-state index in [1.54, 1.807) is 42.6 Å². The number of fused-ring (bicyclic) bond motifs is 1. The third-order valence-corrected chi connectivity index (χ3v) is 7.51. The molecule has 11 heteroatoms. The summed E-state index contributed by atoms with van der Waals surface area (Å²) >= 11 is 0. The topological polar surface area (TPSA) is 134 Å². The molecule has 1 atom stereocenters. The van der Waals surface area contributed by atoms with Crippen LogP contribution >= 0.6 is 0 Å². The molecule has 1 aliphatic rings. The molecule has 0 aliphatic heterocycles. The van der Waals surface area contributed by atoms with Gasteiger partial charge in [-0.15, -0.1) is 0 Å². The van der Waals surface area contributed by atoms with Crippen molar-refractivity contribution < 1.29 is 32.9 Å². The van der Waals surface area contributed by atoms with Crippen LogP contribution in [0.1, 0.15) is 44.1 Å². The number of aryl methyl sites for hydroxylation is 1. The second-order valence-electron chi connectivity index (χ2n) is 11.0. The number of carbonyl (C=O) groups excluding carboxylic acids is 2. The van der Waals surface area contributed by atoms with E-state index in [9.17, 15) is 9.59 Å². The van der Waals surface area contributed by atoms with Crippen molar-refractivity contribution in [2.45, 2.75) is 57.6 Å². The van der Waals surface area contributed by atoms with Gasteiger partial charge in [0.2, 0.25) is 0 Å². The fourth-order valence-corrected chi connectivity index (χ4v) is 5.06. The Balaban J connectivity index is 1.19. The number of nitrogens with one attached hydrogen (secondary N) is 2. The van der Waals surface area contributed by atoms with E-state index in [4.69, 9.17) is 24.7 Å². The minimum absolute atomic E-state index is 0.0150. The average Bonchev–Trinajstić information content (AvgIpc) is 3.54. The van der Waals surface area contributed by atoms with Crippen LogP contribution in [0.15, 0.2) is 66.9 Å². The predicted molar refractivity (Wildman–Crippen MR) is 170 cm³/mol. The number of nitrogens with zero attached hydrogens (tertiary/aromatic N) is 1. The second-order valence-corrected chi connectivity index (χ2v) is 11.0. The molecule has 1 aromatic heterocycles. The lowest BCUT2D eigenvalue weighted by Gasteiger charge is -2.16. The number of carbonyl (C=O) groups is 2. The van der Waals surface area contributed by atoms with Gasteiger partial charge in [0.15, 0.2) is 23.1 Å². The van der Waals surface area contributed by atoms with Crippen molar-refractivity contribution in [3.63, 3.8) is 0 Å². The van der Waals surface area contributed by atoms with Crippen LogP contribution < -0.4 is 30.6 Å². The lowest BCUT2D eigenvalue weighted by atomic mass is 10.1. The standard InChI is InChI=1S/C34H37FN4O6/c1-21-9-11-22(12-10-21)38-34(41)39-23-13-14-30(26(35)18-23)45-29-15-16-37-28-20-32(31(42-2)19-25(28)29)43-17-5-8-27(36)33(40)44-24-6-3-4-7-24/h9-16,18-20,24,27H,3-8,17,36H2,1-2H3,(H2,38,39,41). The predicted octanol–water partition coefficient (Wildman–Crippen LogP) is 7.10. The number of halogens is 1. The number of nitrogens with two attached hydrogens (primary N) is 1. The molecule has 0 radical (unpaired) electrons. The highest BCUT2D eigenvalue weighted by atomic mass is 19.1. The molecule has 1 heterocycles. The maximum Gasteiger partial charge on any atom is 0.323 e. The first kappa shape index (κ1) is 31.5. The average molecular weight is 617 g/mol. The lowest BCUT2D eigenvalue weighted by molar-refractivity contribution is -0.150. The first-order valence-corrected chi connectivity index (χ1v) is 15.0. The van der Waals surface area contributed by atoms with E-state index in [0.717, 1.165) is 31.2 Å². The number of aromatic nitrogens is 1. The molecule has 1 saturated carbocycles. The molecule has 45 heavy (non-hydrogen) atoms. The number of esters is 1. The van der Waals surface area contributed by atoms with Crippen LogP contribution in [0.3, 0.4) is 0 Å². The van der Waals surface area contributed by atoms with Crippen molar-refractivity contribution in [3.05, 3.63) is 78.2 Å². The molecule has 1 fully saturated rings. The Hall–Kier alpha value is -4.90. The molecule has 1 aliphatic carbocycles. The van der Waals surface area contributed by atoms with Crippen molar-refractivity contribution in [1.82, 2.24) is 4.98 Å². The van der Waals surface area contributed by atoms with E-state index < -0.39 is 17.9 Å². The molecule has 1 unspecified atom stereocenters. The zero-order chi connectivity index (χ0) is 31.8. The normalized spacial score (nSPS) is 13.7. The van der Waals surface area contributed by atoms with E-state index in [1.807, 2.05) is 19.1 Å². The summed E-state index contributed by atoms with van der Waals surface area (Å²) < 4.78 is 38.0. The zero-order valence-corrected chi connectivity index (χ0v) is 25.3. The number of urea groups is 1. The molecule has 236 valence electrons. The monoisotopic (exact) mass is 616 g/mol. The summed E-state index contributed by atoms with van der Waals surface area (Å²) in [6.45, 7) is 2.25. The highest BCUT2D eigenvalue weighted by molar-refractivity contribution is 5.99. The number of hydrogen-bond acceptors (Lipinski definition) is 8. The number of anilines is 2. The Morgan fingerprint density at radius 3 is 2.42 bits per heavy atom. The van der Waals surface area contributed by atoms with E-state index >= 15 is 4.39 Å². The van der Waals surface area contributed by atoms with Gasteiger partial charge in [-0.05, 0) is 81.8 Å². The summed E-state index contributed by atoms with van der Waals surface area (Å²) in [5, 5.41) is 5.91. The van der Waals surface area contributed by atoms with Gasteiger partial charge in [-0.2, -0.15) is 0 Å². The molecule has 0 bridgehead atoms. The minimum Gasteiger partial charge on any atom is -0.493 e. The van der Waals surface area contributed by atoms with E-state index in [0.29, 0.717) is 53.3 Å². The summed E-state index contributed by atoms with van der Waals surface area (Å²) in [5.74, 6) is 0.188. The molecule has 4 N–H and O–H groups in total. The Morgan fingerprint density at radius 2 is 1.69 bits per heavy atom. The Morgan fingerprint density at radius 1 is 0.956 bits per heavy atom. The number of ether oxygens (including phenoxy) is 4. The van der Waals surface area contributed by atoms with Crippen LogP contribution in [-0.2, 0) is 9.53 Å². The summed E-state index contributed by atoms with van der Waals surface area (Å²) in [7, 11) is 1.51. The number of methoxy groups -OCH3 is 1. The number of pyridine rings is 1. The lowest BCUT2D eigenvalue weighted by Crippen LogP contribution is -2.34. The van der Waals surface area contributed by atoms with Gasteiger partial charge in [-0.1, -0.05) is 17.7 Å². The molecule has 0 spiro atoms. The van der Waals surface area contributed by atoms with Gasteiger partial charge < -0.3 is 35.3 Å². The van der Waals surface area contributed by atoms with Crippen molar-refractivity contribution in [1.29, 1.82) is 0 Å². The SMILES string of the molecule is COc1cc2c(Oc3ccc(NC(=O)Nc4ccc(C)cc4)cc3F)ccnc2cc1OCCCC(N)C(=O)OC1CCCC1. The first-order chi connectivity index (χ1) is 21.8. The van der Waals surface area contributed by atoms with Gasteiger partial charge in [0, 0.05) is 35.1 Å². The van der Waals surface area contributed by atoms with Gasteiger partial charge in [-0.25, -0.2) is 9.18 Å². The van der Waals surface area contributed by atoms with Gasteiger partial charge in [0.25, 0.3) is 0 Å². The Kier molecular flexibility index (Phi) is 10.3. The fraction of sp³-hybridized carbons (Fsp3) is 0.324. The molecule has 2 amide bonds. The molecule has 5 rings (SSSR count). The third-order valence-electron chi connectivity index (χ3n) is 7.51. The third kappa shape index (κ3) is 8.39. The van der Waals surface area contributed by atoms with Crippen LogP contribution in [0.25, 0.3) is 10.9 Å². The Bertz CT molecular complexity index is 1640. The quantitative estimate of drug-likeness (QED) is 0.113. The smallest absolute Gasteiger partial charge is 0.323 e. The van der Waals surface area contributed by atoms with Gasteiger partial charge >= 0.3 is 12.0 Å². The van der Waals surface area contributed by atoms with Crippen LogP contribution in [0.2, 0.25) is 0 Å². The number of benzene rings is 3. The maximum absolute atomic E-state index is 15.1. The van der Waals surface area contributed by atoms with Crippen LogP contribution in [-0.4, -0.2) is 42.8 Å². The second kappa shape index (κ2) is 14.7. The summed E-state index contributed by atoms with van der Waals surface area (Å²) in [6.07, 6.45) is 6.46. The Labute approximate surface area is 261 Å². The van der Waals surface area contributed by atoms with Crippen molar-refractivity contribution >= 4 is 34.3 Å². The van der Waals surface area contributed by atoms with Crippen LogP contribution in [0.4, 0.5) is 20.6 Å². The van der Waals surface area contributed by atoms with Gasteiger partial charge in [0.1, 0.15) is 17.9 Å². The largest absolute Gasteiger partial charge is 0.493 e. The number of amides is 2. The van der Waals surface area contributed by atoms with E-state index in [1.165, 1.54) is 19.2 Å². The summed E-state index contributed by atoms with van der Waals surface area (Å²) in [6, 6.07) is 15.3. The molecule has 4 aromatic rings. The van der Waals surface area contributed by atoms with E-state index in [-0.39, 0.29) is 23.5 Å². The van der Waals surface area contributed by atoms with Crippen molar-refractivity contribution in [2.24, 2.45) is 5.73 Å². The molecular weight excluding hydrogens is 579 g/mol. The van der Waals surface area contributed by atoms with Gasteiger partial charge in [-0.3, -0.25) is 9.78 Å².